The van der Waals surface area contributed by atoms with Crippen LogP contribution in [-0.4, -0.2) is 41.1 Å². The van der Waals surface area contributed by atoms with Crippen LogP contribution in [0.1, 0.15) is 51.7 Å². The lowest BCUT2D eigenvalue weighted by molar-refractivity contribution is -0.124. The van der Waals surface area contributed by atoms with Gasteiger partial charge < -0.3 is 10.4 Å². The topological polar surface area (TPSA) is 52.6 Å². The van der Waals surface area contributed by atoms with Gasteiger partial charge in [-0.2, -0.15) is 0 Å². The smallest absolute Gasteiger partial charge is 0.234 e. The van der Waals surface area contributed by atoms with Crippen molar-refractivity contribution in [2.45, 2.75) is 51.7 Å². The molecular formula is C19H30N2O2. The van der Waals surface area contributed by atoms with Crippen molar-refractivity contribution < 1.29 is 9.90 Å². The van der Waals surface area contributed by atoms with Crippen molar-refractivity contribution in [3.8, 4) is 0 Å². The predicted molar refractivity (Wildman–Crippen MR) is 93.1 cm³/mol. The molecule has 1 aromatic rings. The molecule has 0 aromatic heterocycles. The maximum absolute atomic E-state index is 12.1. The first-order chi connectivity index (χ1) is 10.9. The molecule has 1 saturated heterocycles. The summed E-state index contributed by atoms with van der Waals surface area (Å²) < 4.78 is 0. The van der Waals surface area contributed by atoms with Crippen molar-refractivity contribution >= 4 is 5.91 Å². The quantitative estimate of drug-likeness (QED) is 0.848. The standard InChI is InChI=1S/C19H30N2O2/c1-4-19(2,3)20-17(22)14-21-12-10-16(11-13-21)18(23)15-8-6-5-7-9-15/h5-9,16,18,23H,4,10-14H2,1-3H3,(H,20,22). The molecule has 2 rings (SSSR count). The molecule has 1 aromatic carbocycles. The van der Waals surface area contributed by atoms with Crippen LogP contribution in [0.15, 0.2) is 30.3 Å². The zero-order chi connectivity index (χ0) is 16.9. The van der Waals surface area contributed by atoms with Crippen LogP contribution >= 0.6 is 0 Å². The summed E-state index contributed by atoms with van der Waals surface area (Å²) in [6, 6.07) is 9.87. The largest absolute Gasteiger partial charge is 0.388 e. The highest BCUT2D eigenvalue weighted by atomic mass is 16.3. The second-order valence-electron chi connectivity index (χ2n) is 7.25. The highest BCUT2D eigenvalue weighted by molar-refractivity contribution is 5.78. The van der Waals surface area contributed by atoms with Crippen LogP contribution in [0, 0.1) is 5.92 Å². The van der Waals surface area contributed by atoms with Crippen LogP contribution in [0.5, 0.6) is 0 Å². The molecule has 1 fully saturated rings. The predicted octanol–water partition coefficient (Wildman–Crippen LogP) is 2.74. The van der Waals surface area contributed by atoms with Gasteiger partial charge >= 0.3 is 0 Å². The summed E-state index contributed by atoms with van der Waals surface area (Å²) in [5.41, 5.74) is 0.854. The molecule has 0 radical (unpaired) electrons. The molecule has 1 heterocycles. The van der Waals surface area contributed by atoms with Gasteiger partial charge in [-0.15, -0.1) is 0 Å². The molecule has 0 bridgehead atoms. The van der Waals surface area contributed by atoms with Gasteiger partial charge in [0, 0.05) is 5.54 Å². The zero-order valence-electron chi connectivity index (χ0n) is 14.6. The highest BCUT2D eigenvalue weighted by Crippen LogP contribution is 2.30. The van der Waals surface area contributed by atoms with Crippen molar-refractivity contribution in [1.29, 1.82) is 0 Å². The Morgan fingerprint density at radius 1 is 1.30 bits per heavy atom. The van der Waals surface area contributed by atoms with Crippen molar-refractivity contribution in [3.63, 3.8) is 0 Å². The second kappa shape index (κ2) is 7.93. The summed E-state index contributed by atoms with van der Waals surface area (Å²) >= 11 is 0. The fraction of sp³-hybridized carbons (Fsp3) is 0.632. The van der Waals surface area contributed by atoms with E-state index in [0.29, 0.717) is 6.54 Å². The molecule has 0 saturated carbocycles. The van der Waals surface area contributed by atoms with Gasteiger partial charge in [-0.25, -0.2) is 0 Å². The van der Waals surface area contributed by atoms with Crippen LogP contribution in [0.25, 0.3) is 0 Å². The number of likely N-dealkylation sites (tertiary alicyclic amines) is 1. The summed E-state index contributed by atoms with van der Waals surface area (Å²) in [6.07, 6.45) is 2.39. The molecule has 1 aliphatic heterocycles. The van der Waals surface area contributed by atoms with Crippen molar-refractivity contribution in [2.75, 3.05) is 19.6 Å². The van der Waals surface area contributed by atoms with Gasteiger partial charge in [0.05, 0.1) is 12.6 Å². The number of hydrogen-bond donors (Lipinski definition) is 2. The van der Waals surface area contributed by atoms with Gasteiger partial charge in [-0.05, 0) is 57.7 Å². The number of aliphatic hydroxyl groups excluding tert-OH is 1. The average molecular weight is 318 g/mol. The number of benzene rings is 1. The zero-order valence-corrected chi connectivity index (χ0v) is 14.6. The maximum atomic E-state index is 12.1. The maximum Gasteiger partial charge on any atom is 0.234 e. The number of nitrogens with zero attached hydrogens (tertiary/aromatic N) is 1. The molecule has 128 valence electrons. The van der Waals surface area contributed by atoms with Gasteiger partial charge in [-0.1, -0.05) is 37.3 Å². The number of rotatable bonds is 6. The fourth-order valence-electron chi connectivity index (χ4n) is 3.06. The summed E-state index contributed by atoms with van der Waals surface area (Å²) in [7, 11) is 0. The van der Waals surface area contributed by atoms with E-state index in [-0.39, 0.29) is 17.4 Å². The van der Waals surface area contributed by atoms with Gasteiger partial charge in [0.25, 0.3) is 0 Å². The lowest BCUT2D eigenvalue weighted by Gasteiger charge is -2.34. The Balaban J connectivity index is 1.79. The third-order valence-corrected chi connectivity index (χ3v) is 4.95. The van der Waals surface area contributed by atoms with E-state index in [2.05, 4.69) is 17.1 Å². The van der Waals surface area contributed by atoms with Crippen LogP contribution < -0.4 is 5.32 Å². The molecule has 0 spiro atoms. The fourth-order valence-corrected chi connectivity index (χ4v) is 3.06. The van der Waals surface area contributed by atoms with E-state index in [1.165, 1.54) is 0 Å². The van der Waals surface area contributed by atoms with E-state index in [0.717, 1.165) is 37.9 Å². The third kappa shape index (κ3) is 5.33. The first-order valence-corrected chi connectivity index (χ1v) is 8.67. The molecular weight excluding hydrogens is 288 g/mol. The summed E-state index contributed by atoms with van der Waals surface area (Å²) in [5, 5.41) is 13.6. The first kappa shape index (κ1) is 18.0. The number of carbonyl (C=O) groups is 1. The van der Waals surface area contributed by atoms with E-state index in [9.17, 15) is 9.90 Å². The minimum atomic E-state index is -0.397. The normalized spacial score (nSPS) is 18.6. The molecule has 1 amide bonds. The minimum absolute atomic E-state index is 0.0962. The van der Waals surface area contributed by atoms with E-state index < -0.39 is 6.10 Å². The Hall–Kier alpha value is -1.39. The number of piperidine rings is 1. The number of carbonyl (C=O) groups excluding carboxylic acids is 1. The number of hydrogen-bond acceptors (Lipinski definition) is 3. The molecule has 1 unspecified atom stereocenters. The number of nitrogens with one attached hydrogen (secondary N) is 1. The molecule has 23 heavy (non-hydrogen) atoms. The monoisotopic (exact) mass is 318 g/mol. The Morgan fingerprint density at radius 3 is 2.48 bits per heavy atom. The van der Waals surface area contributed by atoms with E-state index >= 15 is 0 Å². The first-order valence-electron chi connectivity index (χ1n) is 8.67. The SMILES string of the molecule is CCC(C)(C)NC(=O)CN1CCC(C(O)c2ccccc2)CC1. The van der Waals surface area contributed by atoms with E-state index in [1.807, 2.05) is 44.2 Å². The lowest BCUT2D eigenvalue weighted by atomic mass is 9.87. The Labute approximate surface area is 139 Å². The van der Waals surface area contributed by atoms with E-state index in [4.69, 9.17) is 0 Å². The number of aliphatic hydroxyl groups is 1. The second-order valence-corrected chi connectivity index (χ2v) is 7.25. The van der Waals surface area contributed by atoms with Gasteiger partial charge in [0.2, 0.25) is 5.91 Å². The highest BCUT2D eigenvalue weighted by Gasteiger charge is 2.27. The molecule has 1 aliphatic rings. The average Bonchev–Trinajstić information content (AvgIpc) is 2.55. The Bertz CT molecular complexity index is 493. The molecule has 4 heteroatoms. The van der Waals surface area contributed by atoms with Crippen LogP contribution in [0.4, 0.5) is 0 Å². The number of amides is 1. The van der Waals surface area contributed by atoms with Crippen LogP contribution in [0.3, 0.4) is 0 Å². The minimum Gasteiger partial charge on any atom is -0.388 e. The van der Waals surface area contributed by atoms with Crippen LogP contribution in [0.2, 0.25) is 0 Å². The molecule has 4 nitrogen and oxygen atoms in total. The van der Waals surface area contributed by atoms with Crippen molar-refractivity contribution in [3.05, 3.63) is 35.9 Å². The molecule has 0 aliphatic carbocycles. The Kier molecular flexibility index (Phi) is 6.19. The third-order valence-electron chi connectivity index (χ3n) is 4.95. The summed E-state index contributed by atoms with van der Waals surface area (Å²) in [5.74, 6) is 0.378. The van der Waals surface area contributed by atoms with Gasteiger partial charge in [0.15, 0.2) is 0 Å². The molecule has 2 N–H and O–H groups in total. The van der Waals surface area contributed by atoms with E-state index in [1.54, 1.807) is 0 Å². The van der Waals surface area contributed by atoms with Crippen molar-refractivity contribution in [2.24, 2.45) is 5.92 Å². The van der Waals surface area contributed by atoms with Crippen molar-refractivity contribution in [1.82, 2.24) is 10.2 Å². The molecule has 1 atom stereocenters. The lowest BCUT2D eigenvalue weighted by Crippen LogP contribution is -2.48. The van der Waals surface area contributed by atoms with Gasteiger partial charge in [0.1, 0.15) is 0 Å². The van der Waals surface area contributed by atoms with Gasteiger partial charge in [-0.3, -0.25) is 9.69 Å². The van der Waals surface area contributed by atoms with Crippen LogP contribution in [-0.2, 0) is 4.79 Å². The Morgan fingerprint density at radius 2 is 1.91 bits per heavy atom. The summed E-state index contributed by atoms with van der Waals surface area (Å²) in [6.45, 7) is 8.37. The summed E-state index contributed by atoms with van der Waals surface area (Å²) in [4.78, 5) is 14.3.